The van der Waals surface area contributed by atoms with E-state index in [1.807, 2.05) is 11.8 Å². The van der Waals surface area contributed by atoms with Gasteiger partial charge in [-0.2, -0.15) is 11.8 Å². The van der Waals surface area contributed by atoms with Crippen LogP contribution in [0.25, 0.3) is 0 Å². The first kappa shape index (κ1) is 10.4. The van der Waals surface area contributed by atoms with Crippen LogP contribution in [-0.2, 0) is 4.74 Å². The molecule has 1 saturated carbocycles. The fourth-order valence-corrected chi connectivity index (χ4v) is 1.79. The van der Waals surface area contributed by atoms with Crippen molar-refractivity contribution >= 4 is 11.8 Å². The molecule has 0 saturated heterocycles. The Morgan fingerprint density at radius 2 is 2.25 bits per heavy atom. The average Bonchev–Trinajstić information content (AvgIpc) is 2.87. The van der Waals surface area contributed by atoms with Crippen LogP contribution in [0.2, 0.25) is 0 Å². The standard InChI is InChI=1S/C9H19NOS/c1-11-5-7-12-6-4-10-8-9-2-3-9/h9-10H,2-8H2,1H3. The van der Waals surface area contributed by atoms with Crippen molar-refractivity contribution in [2.75, 3.05) is 38.3 Å². The van der Waals surface area contributed by atoms with Crippen LogP contribution < -0.4 is 5.32 Å². The van der Waals surface area contributed by atoms with Gasteiger partial charge < -0.3 is 10.1 Å². The second kappa shape index (κ2) is 6.75. The van der Waals surface area contributed by atoms with Gasteiger partial charge in [0.05, 0.1) is 6.61 Å². The number of hydrogen-bond acceptors (Lipinski definition) is 3. The molecule has 2 nitrogen and oxygen atoms in total. The summed E-state index contributed by atoms with van der Waals surface area (Å²) in [6.45, 7) is 3.28. The fourth-order valence-electron chi connectivity index (χ4n) is 1.02. The van der Waals surface area contributed by atoms with Crippen molar-refractivity contribution in [3.05, 3.63) is 0 Å². The molecule has 0 aromatic rings. The van der Waals surface area contributed by atoms with Gasteiger partial charge in [0.2, 0.25) is 0 Å². The molecule has 0 radical (unpaired) electrons. The summed E-state index contributed by atoms with van der Waals surface area (Å²) in [5.74, 6) is 3.35. The predicted octanol–water partition coefficient (Wildman–Crippen LogP) is 1.37. The van der Waals surface area contributed by atoms with E-state index in [0.717, 1.165) is 24.8 Å². The van der Waals surface area contributed by atoms with Gasteiger partial charge in [0, 0.05) is 25.2 Å². The maximum absolute atomic E-state index is 4.96. The zero-order valence-electron chi connectivity index (χ0n) is 7.84. The first-order chi connectivity index (χ1) is 5.93. The highest BCUT2D eigenvalue weighted by atomic mass is 32.2. The second-order valence-corrected chi connectivity index (χ2v) is 4.48. The molecule has 0 atom stereocenters. The number of methoxy groups -OCH3 is 1. The third-order valence-electron chi connectivity index (χ3n) is 1.98. The van der Waals surface area contributed by atoms with Gasteiger partial charge in [-0.3, -0.25) is 0 Å². The lowest BCUT2D eigenvalue weighted by Crippen LogP contribution is -2.19. The Balaban J connectivity index is 1.65. The summed E-state index contributed by atoms with van der Waals surface area (Å²) < 4.78 is 4.96. The van der Waals surface area contributed by atoms with Crippen molar-refractivity contribution in [3.63, 3.8) is 0 Å². The molecule has 0 heterocycles. The molecule has 1 rings (SSSR count). The molecule has 0 aliphatic heterocycles. The lowest BCUT2D eigenvalue weighted by Gasteiger charge is -2.02. The van der Waals surface area contributed by atoms with Crippen molar-refractivity contribution in [3.8, 4) is 0 Å². The largest absolute Gasteiger partial charge is 0.384 e. The topological polar surface area (TPSA) is 21.3 Å². The van der Waals surface area contributed by atoms with E-state index in [2.05, 4.69) is 5.32 Å². The van der Waals surface area contributed by atoms with E-state index in [0.29, 0.717) is 0 Å². The van der Waals surface area contributed by atoms with Gasteiger partial charge in [0.1, 0.15) is 0 Å². The van der Waals surface area contributed by atoms with E-state index in [4.69, 9.17) is 4.74 Å². The highest BCUT2D eigenvalue weighted by molar-refractivity contribution is 7.99. The van der Waals surface area contributed by atoms with E-state index in [-0.39, 0.29) is 0 Å². The SMILES string of the molecule is COCCSCCNCC1CC1. The van der Waals surface area contributed by atoms with Gasteiger partial charge in [-0.1, -0.05) is 0 Å². The Bertz CT molecular complexity index is 107. The Morgan fingerprint density at radius 3 is 2.92 bits per heavy atom. The normalized spacial score (nSPS) is 16.8. The van der Waals surface area contributed by atoms with Crippen molar-refractivity contribution in [1.82, 2.24) is 5.32 Å². The van der Waals surface area contributed by atoms with E-state index >= 15 is 0 Å². The molecular weight excluding hydrogens is 170 g/mol. The van der Waals surface area contributed by atoms with E-state index in [9.17, 15) is 0 Å². The summed E-state index contributed by atoms with van der Waals surface area (Å²) >= 11 is 1.96. The van der Waals surface area contributed by atoms with Gasteiger partial charge in [0.15, 0.2) is 0 Å². The summed E-state index contributed by atoms with van der Waals surface area (Å²) in [6, 6.07) is 0. The highest BCUT2D eigenvalue weighted by Gasteiger charge is 2.19. The maximum Gasteiger partial charge on any atom is 0.0552 e. The predicted molar refractivity (Wildman–Crippen MR) is 54.8 cm³/mol. The van der Waals surface area contributed by atoms with Crippen molar-refractivity contribution in [2.45, 2.75) is 12.8 Å². The number of hydrogen-bond donors (Lipinski definition) is 1. The van der Waals surface area contributed by atoms with Crippen LogP contribution in [0.3, 0.4) is 0 Å². The van der Waals surface area contributed by atoms with Crippen LogP contribution >= 0.6 is 11.8 Å². The van der Waals surface area contributed by atoms with Crippen LogP contribution in [0.15, 0.2) is 0 Å². The molecule has 0 aromatic carbocycles. The maximum atomic E-state index is 4.96. The minimum Gasteiger partial charge on any atom is -0.384 e. The van der Waals surface area contributed by atoms with Crippen LogP contribution in [0.5, 0.6) is 0 Å². The first-order valence-electron chi connectivity index (χ1n) is 4.71. The van der Waals surface area contributed by atoms with Crippen molar-refractivity contribution in [1.29, 1.82) is 0 Å². The lowest BCUT2D eigenvalue weighted by atomic mass is 10.4. The zero-order valence-corrected chi connectivity index (χ0v) is 8.66. The van der Waals surface area contributed by atoms with Gasteiger partial charge in [-0.05, 0) is 25.3 Å². The summed E-state index contributed by atoms with van der Waals surface area (Å²) in [4.78, 5) is 0. The quantitative estimate of drug-likeness (QED) is 0.583. The highest BCUT2D eigenvalue weighted by Crippen LogP contribution is 2.27. The van der Waals surface area contributed by atoms with Crippen LogP contribution in [-0.4, -0.2) is 38.3 Å². The molecule has 0 amide bonds. The van der Waals surface area contributed by atoms with Gasteiger partial charge in [0.25, 0.3) is 0 Å². The third-order valence-corrected chi connectivity index (χ3v) is 2.93. The molecular formula is C9H19NOS. The number of thioether (sulfide) groups is 1. The summed E-state index contributed by atoms with van der Waals surface area (Å²) in [5, 5.41) is 3.46. The van der Waals surface area contributed by atoms with Crippen LogP contribution in [0.4, 0.5) is 0 Å². The molecule has 0 aromatic heterocycles. The zero-order chi connectivity index (χ0) is 8.65. The van der Waals surface area contributed by atoms with Crippen molar-refractivity contribution in [2.24, 2.45) is 5.92 Å². The minimum absolute atomic E-state index is 0.882. The Labute approximate surface area is 79.4 Å². The number of ether oxygens (including phenoxy) is 1. The van der Waals surface area contributed by atoms with Gasteiger partial charge in [-0.15, -0.1) is 0 Å². The molecule has 1 fully saturated rings. The third kappa shape index (κ3) is 5.86. The minimum atomic E-state index is 0.882. The molecule has 12 heavy (non-hydrogen) atoms. The van der Waals surface area contributed by atoms with E-state index < -0.39 is 0 Å². The summed E-state index contributed by atoms with van der Waals surface area (Å²) in [6.07, 6.45) is 2.90. The van der Waals surface area contributed by atoms with Crippen molar-refractivity contribution < 1.29 is 4.74 Å². The van der Waals surface area contributed by atoms with Gasteiger partial charge >= 0.3 is 0 Å². The summed E-state index contributed by atoms with van der Waals surface area (Å²) in [5.41, 5.74) is 0. The number of rotatable bonds is 8. The monoisotopic (exact) mass is 189 g/mol. The summed E-state index contributed by atoms with van der Waals surface area (Å²) in [7, 11) is 1.76. The van der Waals surface area contributed by atoms with Gasteiger partial charge in [-0.25, -0.2) is 0 Å². The Kier molecular flexibility index (Phi) is 5.82. The van der Waals surface area contributed by atoms with E-state index in [1.54, 1.807) is 7.11 Å². The van der Waals surface area contributed by atoms with E-state index in [1.165, 1.54) is 25.1 Å². The Morgan fingerprint density at radius 1 is 1.42 bits per heavy atom. The molecule has 0 bridgehead atoms. The van der Waals surface area contributed by atoms with Crippen LogP contribution in [0.1, 0.15) is 12.8 Å². The first-order valence-corrected chi connectivity index (χ1v) is 5.86. The molecule has 0 spiro atoms. The molecule has 0 unspecified atom stereocenters. The van der Waals surface area contributed by atoms with Crippen LogP contribution in [0, 0.1) is 5.92 Å². The number of nitrogens with one attached hydrogen (secondary N) is 1. The molecule has 3 heteroatoms. The lowest BCUT2D eigenvalue weighted by molar-refractivity contribution is 0.218. The second-order valence-electron chi connectivity index (χ2n) is 3.25. The smallest absolute Gasteiger partial charge is 0.0552 e. The molecule has 1 aliphatic carbocycles. The molecule has 1 aliphatic rings. The molecule has 72 valence electrons. The fraction of sp³-hybridized carbons (Fsp3) is 1.00. The average molecular weight is 189 g/mol. The Hall–Kier alpha value is 0.270. The molecule has 1 N–H and O–H groups in total.